The highest BCUT2D eigenvalue weighted by atomic mass is 35.5. The van der Waals surface area contributed by atoms with Crippen molar-refractivity contribution in [1.82, 2.24) is 9.88 Å². The lowest BCUT2D eigenvalue weighted by Gasteiger charge is -2.26. The van der Waals surface area contributed by atoms with Crippen molar-refractivity contribution in [3.63, 3.8) is 0 Å². The summed E-state index contributed by atoms with van der Waals surface area (Å²) >= 11 is 7.53. The predicted octanol–water partition coefficient (Wildman–Crippen LogP) is 4.47. The van der Waals surface area contributed by atoms with Gasteiger partial charge in [0.05, 0.1) is 13.2 Å². The van der Waals surface area contributed by atoms with E-state index in [0.717, 1.165) is 60.3 Å². The van der Waals surface area contributed by atoms with Crippen LogP contribution in [0.5, 0.6) is 0 Å². The van der Waals surface area contributed by atoms with Gasteiger partial charge in [0, 0.05) is 47.7 Å². The maximum atomic E-state index is 12.7. The van der Waals surface area contributed by atoms with Crippen molar-refractivity contribution >= 4 is 34.0 Å². The predicted molar refractivity (Wildman–Crippen MR) is 117 cm³/mol. The summed E-state index contributed by atoms with van der Waals surface area (Å²) in [5.41, 5.74) is 2.89. The topological polar surface area (TPSA) is 54.5 Å². The van der Waals surface area contributed by atoms with Gasteiger partial charge in [-0.05, 0) is 35.4 Å². The zero-order valence-corrected chi connectivity index (χ0v) is 17.5. The number of carbonyl (C=O) groups is 1. The highest BCUT2D eigenvalue weighted by Gasteiger charge is 2.13. The van der Waals surface area contributed by atoms with E-state index < -0.39 is 0 Å². The molecule has 0 unspecified atom stereocenters. The molecule has 0 radical (unpaired) electrons. The van der Waals surface area contributed by atoms with Gasteiger partial charge < -0.3 is 4.74 Å². The van der Waals surface area contributed by atoms with Crippen LogP contribution < -0.4 is 5.32 Å². The minimum Gasteiger partial charge on any atom is -0.379 e. The minimum absolute atomic E-state index is 0.141. The summed E-state index contributed by atoms with van der Waals surface area (Å²) in [7, 11) is 0. The summed E-state index contributed by atoms with van der Waals surface area (Å²) < 4.78 is 5.39. The summed E-state index contributed by atoms with van der Waals surface area (Å²) in [6.07, 6.45) is 2.54. The van der Waals surface area contributed by atoms with E-state index in [1.54, 1.807) is 6.20 Å². The van der Waals surface area contributed by atoms with Gasteiger partial charge in [0.25, 0.3) is 5.91 Å². The van der Waals surface area contributed by atoms with Crippen LogP contribution in [0.1, 0.15) is 26.4 Å². The number of nitrogens with zero attached hydrogens (tertiary/aromatic N) is 2. The van der Waals surface area contributed by atoms with Crippen molar-refractivity contribution in [3.8, 4) is 0 Å². The van der Waals surface area contributed by atoms with Crippen LogP contribution in [-0.4, -0.2) is 42.1 Å². The Kier molecular flexibility index (Phi) is 6.56. The van der Waals surface area contributed by atoms with Gasteiger partial charge in [0.2, 0.25) is 0 Å². The number of benzene rings is 2. The Hall–Kier alpha value is -2.25. The van der Waals surface area contributed by atoms with E-state index in [4.69, 9.17) is 16.3 Å². The SMILES string of the molecule is O=C(Nc1ncc(Cc2cccc(Cl)c2)s1)c1cccc(CN2CCOCC2)c1. The normalized spacial score (nSPS) is 14.7. The molecular formula is C22H22ClN3O2S. The van der Waals surface area contributed by atoms with Gasteiger partial charge in [-0.15, -0.1) is 11.3 Å². The van der Waals surface area contributed by atoms with Crippen LogP contribution in [0.15, 0.2) is 54.7 Å². The van der Waals surface area contributed by atoms with Crippen molar-refractivity contribution in [2.45, 2.75) is 13.0 Å². The third-order valence-corrected chi connectivity index (χ3v) is 5.89. The molecule has 0 bridgehead atoms. The lowest BCUT2D eigenvalue weighted by Crippen LogP contribution is -2.35. The molecule has 29 heavy (non-hydrogen) atoms. The number of amides is 1. The third kappa shape index (κ3) is 5.64. The van der Waals surface area contributed by atoms with Gasteiger partial charge in [-0.1, -0.05) is 35.9 Å². The Morgan fingerprint density at radius 3 is 2.76 bits per heavy atom. The highest BCUT2D eigenvalue weighted by molar-refractivity contribution is 7.15. The fourth-order valence-electron chi connectivity index (χ4n) is 3.29. The molecule has 2 aromatic carbocycles. The molecule has 1 amide bonds. The lowest BCUT2D eigenvalue weighted by atomic mass is 10.1. The second-order valence-corrected chi connectivity index (χ2v) is 8.53. The van der Waals surface area contributed by atoms with Crippen molar-refractivity contribution in [3.05, 3.63) is 81.3 Å². The molecule has 1 aliphatic rings. The molecule has 2 heterocycles. The summed E-state index contributed by atoms with van der Waals surface area (Å²) in [6.45, 7) is 4.20. The molecule has 150 valence electrons. The molecule has 1 N–H and O–H groups in total. The molecule has 7 heteroatoms. The van der Waals surface area contributed by atoms with Gasteiger partial charge >= 0.3 is 0 Å². The molecule has 1 aliphatic heterocycles. The molecule has 4 rings (SSSR count). The van der Waals surface area contributed by atoms with Crippen molar-refractivity contribution in [2.75, 3.05) is 31.6 Å². The van der Waals surface area contributed by atoms with Gasteiger partial charge in [0.15, 0.2) is 5.13 Å². The van der Waals surface area contributed by atoms with E-state index in [2.05, 4.69) is 21.3 Å². The van der Waals surface area contributed by atoms with Crippen LogP contribution in [0, 0.1) is 0 Å². The largest absolute Gasteiger partial charge is 0.379 e. The number of hydrogen-bond donors (Lipinski definition) is 1. The number of halogens is 1. The Bertz CT molecular complexity index is 985. The molecule has 3 aromatic rings. The number of aromatic nitrogens is 1. The molecule has 5 nitrogen and oxygen atoms in total. The molecular weight excluding hydrogens is 406 g/mol. The zero-order chi connectivity index (χ0) is 20.1. The fourth-order valence-corrected chi connectivity index (χ4v) is 4.35. The van der Waals surface area contributed by atoms with Crippen LogP contribution in [0.25, 0.3) is 0 Å². The molecule has 1 saturated heterocycles. The second-order valence-electron chi connectivity index (χ2n) is 6.98. The quantitative estimate of drug-likeness (QED) is 0.630. The molecule has 0 atom stereocenters. The molecule has 1 fully saturated rings. The summed E-state index contributed by atoms with van der Waals surface area (Å²) in [4.78, 5) is 20.4. The van der Waals surface area contributed by atoms with E-state index in [1.807, 2.05) is 42.5 Å². The fraction of sp³-hybridized carbons (Fsp3) is 0.273. The number of nitrogens with one attached hydrogen (secondary N) is 1. The van der Waals surface area contributed by atoms with E-state index >= 15 is 0 Å². The maximum Gasteiger partial charge on any atom is 0.257 e. The van der Waals surface area contributed by atoms with E-state index in [0.29, 0.717) is 10.7 Å². The highest BCUT2D eigenvalue weighted by Crippen LogP contribution is 2.23. The molecule has 0 spiro atoms. The van der Waals surface area contributed by atoms with Crippen molar-refractivity contribution in [2.24, 2.45) is 0 Å². The van der Waals surface area contributed by atoms with E-state index in [9.17, 15) is 4.79 Å². The van der Waals surface area contributed by atoms with Crippen LogP contribution in [0.2, 0.25) is 5.02 Å². The first kappa shape index (κ1) is 20.0. The Balaban J connectivity index is 1.38. The van der Waals surface area contributed by atoms with Crippen molar-refractivity contribution in [1.29, 1.82) is 0 Å². The number of morpholine rings is 1. The van der Waals surface area contributed by atoms with Gasteiger partial charge in [-0.3, -0.25) is 15.0 Å². The zero-order valence-electron chi connectivity index (χ0n) is 15.9. The monoisotopic (exact) mass is 427 g/mol. The number of rotatable bonds is 6. The first-order chi connectivity index (χ1) is 14.2. The first-order valence-electron chi connectivity index (χ1n) is 9.55. The lowest BCUT2D eigenvalue weighted by molar-refractivity contribution is 0.0342. The maximum absolute atomic E-state index is 12.7. The number of ether oxygens (including phenoxy) is 1. The average Bonchev–Trinajstić information content (AvgIpc) is 3.15. The second kappa shape index (κ2) is 9.50. The van der Waals surface area contributed by atoms with Crippen LogP contribution in [0.3, 0.4) is 0 Å². The van der Waals surface area contributed by atoms with Gasteiger partial charge in [-0.25, -0.2) is 4.98 Å². The van der Waals surface area contributed by atoms with Crippen molar-refractivity contribution < 1.29 is 9.53 Å². The number of hydrogen-bond acceptors (Lipinski definition) is 5. The van der Waals surface area contributed by atoms with Crippen LogP contribution in [-0.2, 0) is 17.7 Å². The molecule has 1 aromatic heterocycles. The number of anilines is 1. The summed E-state index contributed by atoms with van der Waals surface area (Å²) in [6, 6.07) is 15.5. The molecule has 0 aliphatic carbocycles. The first-order valence-corrected chi connectivity index (χ1v) is 10.7. The Labute approximate surface area is 179 Å². The number of carbonyl (C=O) groups excluding carboxylic acids is 1. The standard InChI is InChI=1S/C22H22ClN3O2S/c23-19-6-2-3-16(12-19)13-20-14-24-22(29-20)25-21(27)18-5-1-4-17(11-18)15-26-7-9-28-10-8-26/h1-6,11-12,14H,7-10,13,15H2,(H,24,25,27). The number of thiazole rings is 1. The Morgan fingerprint density at radius 2 is 1.93 bits per heavy atom. The van der Waals surface area contributed by atoms with Gasteiger partial charge in [0.1, 0.15) is 0 Å². The minimum atomic E-state index is -0.141. The van der Waals surface area contributed by atoms with E-state index in [-0.39, 0.29) is 5.91 Å². The third-order valence-electron chi connectivity index (χ3n) is 4.74. The molecule has 0 saturated carbocycles. The smallest absolute Gasteiger partial charge is 0.257 e. The average molecular weight is 428 g/mol. The summed E-state index contributed by atoms with van der Waals surface area (Å²) in [5, 5.41) is 4.24. The van der Waals surface area contributed by atoms with Gasteiger partial charge in [-0.2, -0.15) is 0 Å². The van der Waals surface area contributed by atoms with Crippen LogP contribution in [0.4, 0.5) is 5.13 Å². The Morgan fingerprint density at radius 1 is 1.14 bits per heavy atom. The summed E-state index contributed by atoms with van der Waals surface area (Å²) in [5.74, 6) is -0.141. The van der Waals surface area contributed by atoms with E-state index in [1.165, 1.54) is 11.3 Å². The van der Waals surface area contributed by atoms with Crippen LogP contribution >= 0.6 is 22.9 Å².